The first kappa shape index (κ1) is 28.4. The highest BCUT2D eigenvalue weighted by Crippen LogP contribution is 2.37. The molecule has 1 atom stereocenters. The maximum absolute atomic E-state index is 14.4. The van der Waals surface area contributed by atoms with Crippen LogP contribution < -0.4 is 4.74 Å². The summed E-state index contributed by atoms with van der Waals surface area (Å²) in [4.78, 5) is 21.1. The molecule has 0 bridgehead atoms. The van der Waals surface area contributed by atoms with E-state index in [0.29, 0.717) is 15.8 Å². The monoisotopic (exact) mass is 575 g/mol. The molecule has 216 valence electrons. The van der Waals surface area contributed by atoms with Crippen molar-refractivity contribution in [2.75, 3.05) is 39.9 Å². The van der Waals surface area contributed by atoms with Crippen LogP contribution in [0.1, 0.15) is 33.2 Å². The first-order chi connectivity index (χ1) is 19.5. The molecule has 0 aliphatic carbocycles. The lowest BCUT2D eigenvalue weighted by molar-refractivity contribution is -0.143. The number of benzene rings is 2. The summed E-state index contributed by atoms with van der Waals surface area (Å²) in [6.45, 7) is 1.30. The molecule has 0 saturated carbocycles. The minimum atomic E-state index is -4.79. The number of rotatable bonds is 6. The van der Waals surface area contributed by atoms with Gasteiger partial charge in [-0.05, 0) is 43.3 Å². The molecule has 4 aromatic rings. The standard InChI is InChI=1S/C28H26F5N5O3/c1-16-24(17-6-8-18(41-2)9-7-17)35-26-19(14-34-38(26)25(16)28(31,32)33)27(40)37-12-10-36(11-13-37)22(15-39)23-20(29)4-3-5-21(23)30/h3-9,14,22,39H,10-13,15H2,1-2H3/t22-/m0/s1. The van der Waals surface area contributed by atoms with E-state index in [1.54, 1.807) is 29.2 Å². The van der Waals surface area contributed by atoms with Gasteiger partial charge in [0.25, 0.3) is 5.91 Å². The van der Waals surface area contributed by atoms with Gasteiger partial charge in [0.1, 0.15) is 22.9 Å². The van der Waals surface area contributed by atoms with E-state index in [1.165, 1.54) is 25.0 Å². The lowest BCUT2D eigenvalue weighted by atomic mass is 10.0. The summed E-state index contributed by atoms with van der Waals surface area (Å²) in [5.74, 6) is -1.64. The number of carbonyl (C=O) groups is 1. The van der Waals surface area contributed by atoms with Crippen LogP contribution in [0.25, 0.3) is 16.9 Å². The minimum absolute atomic E-state index is 0.0459. The predicted octanol–water partition coefficient (Wildman–Crippen LogP) is 4.50. The topological polar surface area (TPSA) is 83.2 Å². The van der Waals surface area contributed by atoms with Crippen molar-refractivity contribution in [3.05, 3.63) is 82.7 Å². The third-order valence-corrected chi connectivity index (χ3v) is 7.29. The molecule has 1 N–H and O–H groups in total. The van der Waals surface area contributed by atoms with E-state index in [1.807, 2.05) is 0 Å². The average Bonchev–Trinajstić information content (AvgIpc) is 3.37. The van der Waals surface area contributed by atoms with E-state index in [0.717, 1.165) is 18.3 Å². The van der Waals surface area contributed by atoms with Crippen molar-refractivity contribution in [3.8, 4) is 17.0 Å². The van der Waals surface area contributed by atoms with Gasteiger partial charge in [0.2, 0.25) is 0 Å². The molecular weight excluding hydrogens is 549 g/mol. The molecule has 1 fully saturated rings. The summed E-state index contributed by atoms with van der Waals surface area (Å²) in [5, 5.41) is 13.8. The number of aromatic nitrogens is 3. The summed E-state index contributed by atoms with van der Waals surface area (Å²) in [6.07, 6.45) is -3.72. The molecule has 0 spiro atoms. The molecule has 0 unspecified atom stereocenters. The van der Waals surface area contributed by atoms with Crippen LogP contribution in [0.15, 0.2) is 48.7 Å². The quantitative estimate of drug-likeness (QED) is 0.341. The lowest BCUT2D eigenvalue weighted by Gasteiger charge is -2.38. The van der Waals surface area contributed by atoms with Gasteiger partial charge < -0.3 is 14.7 Å². The second-order valence-electron chi connectivity index (χ2n) is 9.62. The van der Waals surface area contributed by atoms with Crippen LogP contribution in [0.5, 0.6) is 5.75 Å². The number of alkyl halides is 3. The van der Waals surface area contributed by atoms with E-state index >= 15 is 0 Å². The SMILES string of the molecule is COc1ccc(-c2nc3c(C(=O)N4CCN([C@@H](CO)c5c(F)cccc5F)CC4)cnn3c(C(F)(F)F)c2C)cc1. The van der Waals surface area contributed by atoms with Gasteiger partial charge in [-0.15, -0.1) is 0 Å². The van der Waals surface area contributed by atoms with Gasteiger partial charge in [-0.25, -0.2) is 18.3 Å². The highest BCUT2D eigenvalue weighted by atomic mass is 19.4. The van der Waals surface area contributed by atoms with E-state index in [-0.39, 0.29) is 54.2 Å². The highest BCUT2D eigenvalue weighted by Gasteiger charge is 2.39. The van der Waals surface area contributed by atoms with Crippen LogP contribution >= 0.6 is 0 Å². The van der Waals surface area contributed by atoms with Crippen molar-refractivity contribution in [1.82, 2.24) is 24.4 Å². The van der Waals surface area contributed by atoms with Gasteiger partial charge in [0.05, 0.1) is 31.6 Å². The zero-order valence-electron chi connectivity index (χ0n) is 22.1. The van der Waals surface area contributed by atoms with Crippen LogP contribution in [0.3, 0.4) is 0 Å². The number of carbonyl (C=O) groups excluding carboxylic acids is 1. The molecule has 1 aliphatic heterocycles. The molecule has 8 nitrogen and oxygen atoms in total. The van der Waals surface area contributed by atoms with Crippen LogP contribution in [0, 0.1) is 18.6 Å². The first-order valence-electron chi connectivity index (χ1n) is 12.7. The summed E-state index contributed by atoms with van der Waals surface area (Å²) >= 11 is 0. The second-order valence-corrected chi connectivity index (χ2v) is 9.62. The molecule has 2 aromatic carbocycles. The van der Waals surface area contributed by atoms with Crippen LogP contribution in [0.2, 0.25) is 0 Å². The normalized spacial score (nSPS) is 15.4. The summed E-state index contributed by atoms with van der Waals surface area (Å²) in [7, 11) is 1.47. The zero-order valence-corrected chi connectivity index (χ0v) is 22.1. The second kappa shape index (κ2) is 11.1. The largest absolute Gasteiger partial charge is 0.497 e. The first-order valence-corrected chi connectivity index (χ1v) is 12.7. The molecular formula is C28H26F5N5O3. The number of nitrogens with zero attached hydrogens (tertiary/aromatic N) is 5. The maximum Gasteiger partial charge on any atom is 0.433 e. The van der Waals surface area contributed by atoms with E-state index in [2.05, 4.69) is 10.1 Å². The Morgan fingerprint density at radius 1 is 1.05 bits per heavy atom. The Hall–Kier alpha value is -4.10. The van der Waals surface area contributed by atoms with Crippen molar-refractivity contribution in [3.63, 3.8) is 0 Å². The number of methoxy groups -OCH3 is 1. The third-order valence-electron chi connectivity index (χ3n) is 7.29. The Morgan fingerprint density at radius 3 is 2.24 bits per heavy atom. The van der Waals surface area contributed by atoms with Crippen molar-refractivity contribution >= 4 is 11.6 Å². The van der Waals surface area contributed by atoms with Gasteiger partial charge in [-0.2, -0.15) is 18.3 Å². The molecule has 1 aliphatic rings. The number of amides is 1. The third kappa shape index (κ3) is 5.22. The molecule has 41 heavy (non-hydrogen) atoms. The number of aliphatic hydroxyl groups is 1. The Labute approximate surface area is 231 Å². The van der Waals surface area contributed by atoms with Crippen LogP contribution in [-0.4, -0.2) is 75.3 Å². The molecule has 5 rings (SSSR count). The predicted molar refractivity (Wildman–Crippen MR) is 138 cm³/mol. The molecule has 2 aromatic heterocycles. The van der Waals surface area contributed by atoms with Gasteiger partial charge >= 0.3 is 6.18 Å². The lowest BCUT2D eigenvalue weighted by Crippen LogP contribution is -2.50. The average molecular weight is 576 g/mol. The van der Waals surface area contributed by atoms with Crippen molar-refractivity contribution in [2.45, 2.75) is 19.1 Å². The molecule has 0 radical (unpaired) electrons. The smallest absolute Gasteiger partial charge is 0.433 e. The zero-order chi connectivity index (χ0) is 29.5. The number of fused-ring (bicyclic) bond motifs is 1. The molecule has 13 heteroatoms. The van der Waals surface area contributed by atoms with Gasteiger partial charge in [0, 0.05) is 42.9 Å². The highest BCUT2D eigenvalue weighted by molar-refractivity contribution is 6.00. The molecule has 1 saturated heterocycles. The summed E-state index contributed by atoms with van der Waals surface area (Å²) < 4.78 is 77.2. The van der Waals surface area contributed by atoms with Crippen molar-refractivity contribution in [1.29, 1.82) is 0 Å². The summed E-state index contributed by atoms with van der Waals surface area (Å²) in [5.41, 5.74) is -1.37. The van der Waals surface area contributed by atoms with Gasteiger partial charge in [-0.3, -0.25) is 9.69 Å². The fourth-order valence-corrected chi connectivity index (χ4v) is 5.21. The number of hydrogen-bond donors (Lipinski definition) is 1. The fraction of sp³-hybridized carbons (Fsp3) is 0.321. The Kier molecular flexibility index (Phi) is 7.66. The maximum atomic E-state index is 14.4. The van der Waals surface area contributed by atoms with E-state index in [4.69, 9.17) is 4.74 Å². The van der Waals surface area contributed by atoms with Gasteiger partial charge in [-0.1, -0.05) is 6.07 Å². The van der Waals surface area contributed by atoms with Crippen LogP contribution in [-0.2, 0) is 6.18 Å². The number of halogens is 5. The Morgan fingerprint density at radius 2 is 1.68 bits per heavy atom. The number of aliphatic hydroxyl groups excluding tert-OH is 1. The number of piperazine rings is 1. The van der Waals surface area contributed by atoms with Crippen LogP contribution in [0.4, 0.5) is 22.0 Å². The van der Waals surface area contributed by atoms with Crippen molar-refractivity contribution < 1.29 is 36.6 Å². The summed E-state index contributed by atoms with van der Waals surface area (Å²) in [6, 6.07) is 8.85. The van der Waals surface area contributed by atoms with Crippen molar-refractivity contribution in [2.24, 2.45) is 0 Å². The van der Waals surface area contributed by atoms with E-state index in [9.17, 15) is 31.9 Å². The fourth-order valence-electron chi connectivity index (χ4n) is 5.21. The Bertz CT molecular complexity index is 1560. The number of ether oxygens (including phenoxy) is 1. The number of hydrogen-bond acceptors (Lipinski definition) is 6. The van der Waals surface area contributed by atoms with Gasteiger partial charge in [0.15, 0.2) is 11.3 Å². The van der Waals surface area contributed by atoms with E-state index < -0.39 is 42.1 Å². The molecule has 1 amide bonds. The Balaban J connectivity index is 1.46. The minimum Gasteiger partial charge on any atom is -0.497 e. The molecule has 3 heterocycles.